The maximum absolute atomic E-state index is 13.8. The Kier molecular flexibility index (Phi) is 4.37. The molecule has 0 amide bonds. The number of aryl methyl sites for hydroxylation is 1. The van der Waals surface area contributed by atoms with Gasteiger partial charge in [0.15, 0.2) is 0 Å². The van der Waals surface area contributed by atoms with Gasteiger partial charge in [0.2, 0.25) is 5.78 Å². The minimum atomic E-state index is -0.631. The lowest BCUT2D eigenvalue weighted by molar-refractivity contribution is 0.102. The molecule has 0 atom stereocenters. The van der Waals surface area contributed by atoms with Gasteiger partial charge in [-0.1, -0.05) is 18.5 Å². The summed E-state index contributed by atoms with van der Waals surface area (Å²) < 4.78 is 15.9. The quantitative estimate of drug-likeness (QED) is 0.783. The monoisotopic (exact) mass is 344 g/mol. The Morgan fingerprint density at radius 2 is 2.26 bits per heavy atom. The van der Waals surface area contributed by atoms with E-state index in [0.29, 0.717) is 16.7 Å². The molecule has 19 heavy (non-hydrogen) atoms. The van der Waals surface area contributed by atoms with Crippen LogP contribution >= 0.6 is 27.5 Å². The van der Waals surface area contributed by atoms with Crippen LogP contribution in [-0.2, 0) is 6.54 Å². The molecule has 0 aliphatic carbocycles. The summed E-state index contributed by atoms with van der Waals surface area (Å²) in [6.07, 6.45) is 2.37. The zero-order valence-corrected chi connectivity index (χ0v) is 12.5. The van der Waals surface area contributed by atoms with Crippen LogP contribution in [0, 0.1) is 5.82 Å². The maximum Gasteiger partial charge on any atom is 0.215 e. The number of rotatable bonds is 4. The lowest BCUT2D eigenvalue weighted by Gasteiger charge is -2.07. The highest BCUT2D eigenvalue weighted by Gasteiger charge is 2.21. The normalized spacial score (nSPS) is 10.7. The van der Waals surface area contributed by atoms with Crippen LogP contribution in [0.2, 0.25) is 5.02 Å². The third kappa shape index (κ3) is 2.87. The molecule has 0 saturated carbocycles. The van der Waals surface area contributed by atoms with E-state index in [1.165, 1.54) is 18.3 Å². The smallest absolute Gasteiger partial charge is 0.215 e. The molecule has 2 rings (SSSR count). The van der Waals surface area contributed by atoms with Crippen molar-refractivity contribution < 1.29 is 9.18 Å². The number of hydrogen-bond acceptors (Lipinski definition) is 2. The molecule has 3 nitrogen and oxygen atoms in total. The van der Waals surface area contributed by atoms with E-state index >= 15 is 0 Å². The average molecular weight is 346 g/mol. The molecule has 0 saturated heterocycles. The molecule has 1 aromatic carbocycles. The van der Waals surface area contributed by atoms with E-state index < -0.39 is 11.6 Å². The fraction of sp³-hybridized carbons (Fsp3) is 0.231. The van der Waals surface area contributed by atoms with Crippen LogP contribution in [-0.4, -0.2) is 15.6 Å². The first-order valence-electron chi connectivity index (χ1n) is 5.75. The van der Waals surface area contributed by atoms with Gasteiger partial charge in [0.05, 0.1) is 16.2 Å². The van der Waals surface area contributed by atoms with Gasteiger partial charge in [-0.3, -0.25) is 9.48 Å². The molecule has 2 aromatic rings. The zero-order chi connectivity index (χ0) is 14.0. The van der Waals surface area contributed by atoms with Gasteiger partial charge >= 0.3 is 0 Å². The van der Waals surface area contributed by atoms with Gasteiger partial charge in [-0.2, -0.15) is 5.10 Å². The van der Waals surface area contributed by atoms with Gasteiger partial charge in [-0.15, -0.1) is 0 Å². The Bertz CT molecular complexity index is 627. The van der Waals surface area contributed by atoms with Crippen LogP contribution in [0.15, 0.2) is 28.9 Å². The van der Waals surface area contributed by atoms with Crippen LogP contribution in [0.4, 0.5) is 4.39 Å². The molecule has 0 radical (unpaired) electrons. The highest BCUT2D eigenvalue weighted by molar-refractivity contribution is 9.10. The number of hydrogen-bond donors (Lipinski definition) is 0. The summed E-state index contributed by atoms with van der Waals surface area (Å²) in [5.74, 6) is -1.04. The second-order valence-corrected chi connectivity index (χ2v) is 5.31. The highest BCUT2D eigenvalue weighted by Crippen LogP contribution is 2.23. The third-order valence-electron chi connectivity index (χ3n) is 2.62. The van der Waals surface area contributed by atoms with Crippen molar-refractivity contribution in [3.63, 3.8) is 0 Å². The lowest BCUT2D eigenvalue weighted by Crippen LogP contribution is -2.13. The largest absolute Gasteiger partial charge is 0.287 e. The van der Waals surface area contributed by atoms with Crippen molar-refractivity contribution >= 4 is 33.3 Å². The van der Waals surface area contributed by atoms with Gasteiger partial charge < -0.3 is 0 Å². The predicted molar refractivity (Wildman–Crippen MR) is 75.1 cm³/mol. The van der Waals surface area contributed by atoms with Crippen LogP contribution in [0.5, 0.6) is 0 Å². The number of benzene rings is 1. The van der Waals surface area contributed by atoms with E-state index in [4.69, 9.17) is 11.6 Å². The van der Waals surface area contributed by atoms with E-state index in [9.17, 15) is 9.18 Å². The first-order chi connectivity index (χ1) is 9.04. The highest BCUT2D eigenvalue weighted by atomic mass is 79.9. The summed E-state index contributed by atoms with van der Waals surface area (Å²) in [6.45, 7) is 2.58. The molecular formula is C13H11BrClFN2O. The molecule has 100 valence electrons. The number of carbonyl (C=O) groups is 1. The molecule has 1 heterocycles. The third-order valence-corrected chi connectivity index (χ3v) is 3.44. The molecule has 0 aliphatic heterocycles. The minimum absolute atomic E-state index is 0.0112. The Morgan fingerprint density at radius 3 is 2.89 bits per heavy atom. The molecular weight excluding hydrogens is 335 g/mol. The Hall–Kier alpha value is -1.20. The molecule has 0 bridgehead atoms. The van der Waals surface area contributed by atoms with Gasteiger partial charge in [0.1, 0.15) is 11.5 Å². The number of aromatic nitrogens is 2. The van der Waals surface area contributed by atoms with Crippen LogP contribution in [0.25, 0.3) is 0 Å². The van der Waals surface area contributed by atoms with Crippen LogP contribution in [0.1, 0.15) is 29.4 Å². The molecule has 6 heteroatoms. The molecule has 0 aliphatic rings. The Labute approximate surface area is 123 Å². The molecule has 0 fully saturated rings. The zero-order valence-electron chi connectivity index (χ0n) is 10.2. The average Bonchev–Trinajstić information content (AvgIpc) is 2.70. The number of halogens is 3. The SMILES string of the molecule is CCCn1ncc(Br)c1C(=O)c1ccc(Cl)cc1F. The first kappa shape index (κ1) is 14.2. The van der Waals surface area contributed by atoms with Gasteiger partial charge in [-0.25, -0.2) is 4.39 Å². The topological polar surface area (TPSA) is 34.9 Å². The summed E-state index contributed by atoms with van der Waals surface area (Å²) in [5.41, 5.74) is 0.339. The first-order valence-corrected chi connectivity index (χ1v) is 6.92. The second kappa shape index (κ2) is 5.84. The van der Waals surface area contributed by atoms with Gasteiger partial charge in [0, 0.05) is 11.6 Å². The van der Waals surface area contributed by atoms with Crippen LogP contribution in [0.3, 0.4) is 0 Å². The predicted octanol–water partition coefficient (Wildman–Crippen LogP) is 4.08. The fourth-order valence-electron chi connectivity index (χ4n) is 1.77. The molecule has 1 aromatic heterocycles. The lowest BCUT2D eigenvalue weighted by atomic mass is 10.1. The van der Waals surface area contributed by atoms with Gasteiger partial charge in [-0.05, 0) is 40.5 Å². The summed E-state index contributed by atoms with van der Waals surface area (Å²) >= 11 is 8.95. The minimum Gasteiger partial charge on any atom is -0.287 e. The van der Waals surface area contributed by atoms with Crippen LogP contribution < -0.4 is 0 Å². The van der Waals surface area contributed by atoms with Crippen molar-refractivity contribution in [1.82, 2.24) is 9.78 Å². The summed E-state index contributed by atoms with van der Waals surface area (Å²) in [5, 5.41) is 4.36. The number of carbonyl (C=O) groups excluding carboxylic acids is 1. The standard InChI is InChI=1S/C13H11BrClFN2O/c1-2-5-18-12(10(14)7-17-18)13(19)9-4-3-8(15)6-11(9)16/h3-4,6-7H,2,5H2,1H3. The van der Waals surface area contributed by atoms with Gasteiger partial charge in [0.25, 0.3) is 0 Å². The number of nitrogens with zero attached hydrogens (tertiary/aromatic N) is 2. The summed E-state index contributed by atoms with van der Waals surface area (Å²) in [6, 6.07) is 4.01. The molecule has 0 N–H and O–H groups in total. The molecule has 0 spiro atoms. The Morgan fingerprint density at radius 1 is 1.53 bits per heavy atom. The van der Waals surface area contributed by atoms with Crippen molar-refractivity contribution in [2.75, 3.05) is 0 Å². The van der Waals surface area contributed by atoms with E-state index in [0.717, 1.165) is 12.5 Å². The summed E-state index contributed by atoms with van der Waals surface area (Å²) in [7, 11) is 0. The van der Waals surface area contributed by atoms with E-state index in [1.54, 1.807) is 4.68 Å². The van der Waals surface area contributed by atoms with E-state index in [-0.39, 0.29) is 10.6 Å². The fourth-order valence-corrected chi connectivity index (χ4v) is 2.41. The van der Waals surface area contributed by atoms with Crippen molar-refractivity contribution in [3.8, 4) is 0 Å². The van der Waals surface area contributed by atoms with Crippen molar-refractivity contribution in [2.24, 2.45) is 0 Å². The Balaban J connectivity index is 2.46. The second-order valence-electron chi connectivity index (χ2n) is 4.02. The maximum atomic E-state index is 13.8. The van der Waals surface area contributed by atoms with Crippen molar-refractivity contribution in [2.45, 2.75) is 19.9 Å². The van der Waals surface area contributed by atoms with Crippen molar-refractivity contribution in [3.05, 3.63) is 51.0 Å². The summed E-state index contributed by atoms with van der Waals surface area (Å²) in [4.78, 5) is 12.4. The van der Waals surface area contributed by atoms with E-state index in [1.807, 2.05) is 6.92 Å². The van der Waals surface area contributed by atoms with E-state index in [2.05, 4.69) is 21.0 Å². The van der Waals surface area contributed by atoms with Crippen molar-refractivity contribution in [1.29, 1.82) is 0 Å². The number of ketones is 1. The molecule has 0 unspecified atom stereocenters.